The van der Waals surface area contributed by atoms with Crippen molar-refractivity contribution in [2.45, 2.75) is 58.0 Å². The van der Waals surface area contributed by atoms with E-state index in [1.165, 1.54) is 38.6 Å². The number of rotatable bonds is 1. The number of likely N-dealkylation sites (tertiary alicyclic amines) is 1. The molecular formula is C11H21N. The Hall–Kier alpha value is -0.0400. The lowest BCUT2D eigenvalue weighted by Gasteiger charge is -2.31. The summed E-state index contributed by atoms with van der Waals surface area (Å²) in [6.45, 7) is 6.21. The van der Waals surface area contributed by atoms with Crippen molar-refractivity contribution in [1.29, 1.82) is 0 Å². The van der Waals surface area contributed by atoms with Gasteiger partial charge >= 0.3 is 0 Å². The molecule has 1 heteroatoms. The van der Waals surface area contributed by atoms with Crippen molar-refractivity contribution in [3.63, 3.8) is 0 Å². The molecule has 70 valence electrons. The van der Waals surface area contributed by atoms with E-state index in [0.29, 0.717) is 0 Å². The fraction of sp³-hybridized carbons (Fsp3) is 1.00. The zero-order valence-corrected chi connectivity index (χ0v) is 8.42. The standard InChI is InChI=1S/C11H21N/c1-9-5-3-7-11(9)12-8-4-6-10(12)2/h9-11H,3-8H2,1-2H3. The van der Waals surface area contributed by atoms with Gasteiger partial charge in [-0.2, -0.15) is 0 Å². The van der Waals surface area contributed by atoms with Crippen molar-refractivity contribution >= 4 is 0 Å². The van der Waals surface area contributed by atoms with Gasteiger partial charge in [0.15, 0.2) is 0 Å². The van der Waals surface area contributed by atoms with E-state index in [1.54, 1.807) is 0 Å². The Labute approximate surface area is 76.1 Å². The van der Waals surface area contributed by atoms with Crippen LogP contribution in [-0.2, 0) is 0 Å². The third-order valence-electron chi connectivity index (χ3n) is 3.85. The van der Waals surface area contributed by atoms with Crippen molar-refractivity contribution < 1.29 is 0 Å². The van der Waals surface area contributed by atoms with Crippen LogP contribution < -0.4 is 0 Å². The molecule has 0 spiro atoms. The average Bonchev–Trinajstić information content (AvgIpc) is 2.59. The Morgan fingerprint density at radius 2 is 1.83 bits per heavy atom. The molecule has 1 aliphatic carbocycles. The first-order chi connectivity index (χ1) is 5.79. The van der Waals surface area contributed by atoms with Gasteiger partial charge in [-0.05, 0) is 45.1 Å². The molecular weight excluding hydrogens is 146 g/mol. The van der Waals surface area contributed by atoms with Crippen LogP contribution in [0.3, 0.4) is 0 Å². The Bertz CT molecular complexity index is 137. The average molecular weight is 167 g/mol. The molecule has 12 heavy (non-hydrogen) atoms. The van der Waals surface area contributed by atoms with Gasteiger partial charge in [0, 0.05) is 12.1 Å². The summed E-state index contributed by atoms with van der Waals surface area (Å²) in [5.74, 6) is 0.963. The summed E-state index contributed by atoms with van der Waals surface area (Å²) in [6, 6.07) is 1.80. The maximum atomic E-state index is 2.76. The van der Waals surface area contributed by atoms with E-state index in [0.717, 1.165) is 18.0 Å². The number of hydrogen-bond donors (Lipinski definition) is 0. The Morgan fingerprint density at radius 1 is 1.00 bits per heavy atom. The quantitative estimate of drug-likeness (QED) is 0.580. The monoisotopic (exact) mass is 167 g/mol. The van der Waals surface area contributed by atoms with Crippen LogP contribution in [0.5, 0.6) is 0 Å². The largest absolute Gasteiger partial charge is 0.297 e. The summed E-state index contributed by atoms with van der Waals surface area (Å²) in [4.78, 5) is 2.76. The van der Waals surface area contributed by atoms with E-state index in [4.69, 9.17) is 0 Å². The highest BCUT2D eigenvalue weighted by Gasteiger charge is 2.33. The van der Waals surface area contributed by atoms with Gasteiger partial charge in [-0.1, -0.05) is 13.3 Å². The highest BCUT2D eigenvalue weighted by atomic mass is 15.2. The van der Waals surface area contributed by atoms with Gasteiger partial charge in [-0.15, -0.1) is 0 Å². The molecule has 2 aliphatic rings. The lowest BCUT2D eigenvalue weighted by atomic mass is 10.0. The second-order valence-electron chi connectivity index (χ2n) is 4.70. The first-order valence-electron chi connectivity index (χ1n) is 5.55. The lowest BCUT2D eigenvalue weighted by molar-refractivity contribution is 0.160. The summed E-state index contributed by atoms with van der Waals surface area (Å²) in [6.07, 6.45) is 7.27. The topological polar surface area (TPSA) is 3.24 Å². The molecule has 0 radical (unpaired) electrons. The van der Waals surface area contributed by atoms with Gasteiger partial charge in [-0.25, -0.2) is 0 Å². The minimum atomic E-state index is 0.871. The molecule has 1 saturated carbocycles. The zero-order valence-electron chi connectivity index (χ0n) is 8.42. The first kappa shape index (κ1) is 8.55. The molecule has 0 aromatic carbocycles. The third kappa shape index (κ3) is 1.39. The van der Waals surface area contributed by atoms with Crippen LogP contribution in [0.25, 0.3) is 0 Å². The second-order valence-corrected chi connectivity index (χ2v) is 4.70. The zero-order chi connectivity index (χ0) is 8.55. The van der Waals surface area contributed by atoms with Crippen LogP contribution in [0.15, 0.2) is 0 Å². The molecule has 1 aliphatic heterocycles. The SMILES string of the molecule is CC1CCCC1N1CCCC1C. The number of hydrogen-bond acceptors (Lipinski definition) is 1. The molecule has 0 bridgehead atoms. The Morgan fingerprint density at radius 3 is 2.33 bits per heavy atom. The van der Waals surface area contributed by atoms with Gasteiger partial charge in [0.05, 0.1) is 0 Å². The second kappa shape index (κ2) is 3.37. The van der Waals surface area contributed by atoms with Crippen LogP contribution in [0.4, 0.5) is 0 Å². The Kier molecular flexibility index (Phi) is 2.40. The molecule has 0 amide bonds. The van der Waals surface area contributed by atoms with Crippen LogP contribution >= 0.6 is 0 Å². The van der Waals surface area contributed by atoms with Crippen molar-refractivity contribution in [3.8, 4) is 0 Å². The highest BCUT2D eigenvalue weighted by Crippen LogP contribution is 2.33. The normalized spacial score (nSPS) is 44.0. The van der Waals surface area contributed by atoms with E-state index >= 15 is 0 Å². The molecule has 1 heterocycles. The van der Waals surface area contributed by atoms with E-state index in [2.05, 4.69) is 18.7 Å². The van der Waals surface area contributed by atoms with Crippen molar-refractivity contribution in [1.82, 2.24) is 4.90 Å². The van der Waals surface area contributed by atoms with Gasteiger partial charge in [-0.3, -0.25) is 4.90 Å². The minimum absolute atomic E-state index is 0.871. The molecule has 3 unspecified atom stereocenters. The van der Waals surface area contributed by atoms with Crippen LogP contribution in [0.1, 0.15) is 46.0 Å². The van der Waals surface area contributed by atoms with Crippen LogP contribution in [0.2, 0.25) is 0 Å². The van der Waals surface area contributed by atoms with Gasteiger partial charge < -0.3 is 0 Å². The maximum absolute atomic E-state index is 2.76. The van der Waals surface area contributed by atoms with E-state index in [1.807, 2.05) is 0 Å². The summed E-state index contributed by atoms with van der Waals surface area (Å²) in [5.41, 5.74) is 0. The van der Waals surface area contributed by atoms with E-state index in [9.17, 15) is 0 Å². The third-order valence-corrected chi connectivity index (χ3v) is 3.85. The predicted octanol–water partition coefficient (Wildman–Crippen LogP) is 2.66. The molecule has 0 aromatic heterocycles. The summed E-state index contributed by atoms with van der Waals surface area (Å²) in [5, 5.41) is 0. The summed E-state index contributed by atoms with van der Waals surface area (Å²) in [7, 11) is 0. The Balaban J connectivity index is 1.98. The maximum Gasteiger partial charge on any atom is 0.0124 e. The van der Waals surface area contributed by atoms with E-state index < -0.39 is 0 Å². The molecule has 0 N–H and O–H groups in total. The van der Waals surface area contributed by atoms with Crippen LogP contribution in [-0.4, -0.2) is 23.5 Å². The van der Waals surface area contributed by atoms with Gasteiger partial charge in [0.1, 0.15) is 0 Å². The van der Waals surface area contributed by atoms with Crippen molar-refractivity contribution in [2.24, 2.45) is 5.92 Å². The molecule has 1 nitrogen and oxygen atoms in total. The number of nitrogens with zero attached hydrogens (tertiary/aromatic N) is 1. The molecule has 0 aromatic rings. The molecule has 2 fully saturated rings. The predicted molar refractivity (Wildman–Crippen MR) is 52.2 cm³/mol. The van der Waals surface area contributed by atoms with Crippen molar-refractivity contribution in [2.75, 3.05) is 6.54 Å². The fourth-order valence-corrected chi connectivity index (χ4v) is 3.07. The lowest BCUT2D eigenvalue weighted by Crippen LogP contribution is -2.39. The molecule has 3 atom stereocenters. The first-order valence-corrected chi connectivity index (χ1v) is 5.55. The highest BCUT2D eigenvalue weighted by molar-refractivity contribution is 4.88. The van der Waals surface area contributed by atoms with Crippen molar-refractivity contribution in [3.05, 3.63) is 0 Å². The summed E-state index contributed by atoms with van der Waals surface area (Å²) >= 11 is 0. The molecule has 2 rings (SSSR count). The fourth-order valence-electron chi connectivity index (χ4n) is 3.07. The van der Waals surface area contributed by atoms with Crippen LogP contribution in [0, 0.1) is 5.92 Å². The van der Waals surface area contributed by atoms with E-state index in [-0.39, 0.29) is 0 Å². The molecule has 1 saturated heterocycles. The minimum Gasteiger partial charge on any atom is -0.297 e. The van der Waals surface area contributed by atoms with Gasteiger partial charge in [0.25, 0.3) is 0 Å². The van der Waals surface area contributed by atoms with Gasteiger partial charge in [0.2, 0.25) is 0 Å². The smallest absolute Gasteiger partial charge is 0.0124 e. The summed E-state index contributed by atoms with van der Waals surface area (Å²) < 4.78 is 0.